The third kappa shape index (κ3) is 3.53. The van der Waals surface area contributed by atoms with E-state index in [0.717, 1.165) is 9.77 Å². The predicted octanol–water partition coefficient (Wildman–Crippen LogP) is 3.47. The van der Waals surface area contributed by atoms with E-state index in [4.69, 9.17) is 0 Å². The van der Waals surface area contributed by atoms with Crippen molar-refractivity contribution in [3.05, 3.63) is 52.2 Å². The van der Waals surface area contributed by atoms with E-state index in [1.165, 1.54) is 23.1 Å². The Hall–Kier alpha value is -1.31. The van der Waals surface area contributed by atoms with Crippen LogP contribution in [-0.4, -0.2) is 44.3 Å². The number of hydrogen-bond acceptors (Lipinski definition) is 5. The molecule has 1 saturated heterocycles. The van der Waals surface area contributed by atoms with Crippen molar-refractivity contribution in [2.45, 2.75) is 16.6 Å². The van der Waals surface area contributed by atoms with E-state index in [9.17, 15) is 13.2 Å². The highest BCUT2D eigenvalue weighted by molar-refractivity contribution is 7.98. The van der Waals surface area contributed by atoms with Crippen molar-refractivity contribution < 1.29 is 13.2 Å². The minimum absolute atomic E-state index is 0.0166. The summed E-state index contributed by atoms with van der Waals surface area (Å²) in [5.41, 5.74) is 0.650. The maximum atomic E-state index is 12.9. The molecule has 1 fully saturated rings. The van der Waals surface area contributed by atoms with Gasteiger partial charge < -0.3 is 4.90 Å². The van der Waals surface area contributed by atoms with Crippen molar-refractivity contribution in [1.29, 1.82) is 0 Å². The second kappa shape index (κ2) is 7.29. The molecule has 0 radical (unpaired) electrons. The first-order valence-corrected chi connectivity index (χ1v) is 11.5. The molecule has 0 saturated carbocycles. The number of hydrogen-bond donors (Lipinski definition) is 0. The lowest BCUT2D eigenvalue weighted by atomic mass is 10.1. The summed E-state index contributed by atoms with van der Waals surface area (Å²) in [6.45, 7) is 0.717. The molecule has 128 valence electrons. The second-order valence-electron chi connectivity index (χ2n) is 5.65. The molecule has 2 aromatic rings. The van der Waals surface area contributed by atoms with Crippen LogP contribution in [0.5, 0.6) is 0 Å². The van der Waals surface area contributed by atoms with Gasteiger partial charge in [0, 0.05) is 22.9 Å². The Bertz CT molecular complexity index is 815. The maximum Gasteiger partial charge on any atom is 0.255 e. The Morgan fingerprint density at radius 1 is 1.21 bits per heavy atom. The number of benzene rings is 1. The molecule has 0 aliphatic carbocycles. The minimum atomic E-state index is -3.24. The van der Waals surface area contributed by atoms with Gasteiger partial charge in [0.2, 0.25) is 0 Å². The molecule has 7 heteroatoms. The molecule has 2 heterocycles. The highest BCUT2D eigenvalue weighted by atomic mass is 32.2. The molecule has 1 unspecified atom stereocenters. The van der Waals surface area contributed by atoms with Gasteiger partial charge in [-0.25, -0.2) is 8.42 Å². The topological polar surface area (TPSA) is 54.5 Å². The molecule has 3 rings (SSSR count). The SMILES string of the molecule is CSc1ccccc1C(=O)N1CCC(c2cccs2)S(=O)(=O)CC1. The van der Waals surface area contributed by atoms with E-state index in [2.05, 4.69) is 0 Å². The fourth-order valence-electron chi connectivity index (χ4n) is 2.93. The van der Waals surface area contributed by atoms with Crippen LogP contribution in [0.15, 0.2) is 46.7 Å². The largest absolute Gasteiger partial charge is 0.338 e. The monoisotopic (exact) mass is 381 g/mol. The van der Waals surface area contributed by atoms with Crippen molar-refractivity contribution in [3.8, 4) is 0 Å². The molecule has 1 aromatic heterocycles. The molecule has 1 atom stereocenters. The zero-order valence-electron chi connectivity index (χ0n) is 13.3. The lowest BCUT2D eigenvalue weighted by molar-refractivity contribution is 0.0763. The van der Waals surface area contributed by atoms with Gasteiger partial charge in [0.1, 0.15) is 0 Å². The molecule has 1 aromatic carbocycles. The first-order valence-electron chi connectivity index (χ1n) is 7.70. The molecular formula is C17H19NO3S3. The lowest BCUT2D eigenvalue weighted by Crippen LogP contribution is -2.33. The average Bonchev–Trinajstić information content (AvgIpc) is 3.05. The van der Waals surface area contributed by atoms with Gasteiger partial charge >= 0.3 is 0 Å². The molecule has 1 aliphatic rings. The van der Waals surface area contributed by atoms with Crippen molar-refractivity contribution in [2.75, 3.05) is 25.1 Å². The van der Waals surface area contributed by atoms with Crippen molar-refractivity contribution in [2.24, 2.45) is 0 Å². The van der Waals surface area contributed by atoms with Crippen LogP contribution in [0.2, 0.25) is 0 Å². The van der Waals surface area contributed by atoms with Crippen LogP contribution in [0.3, 0.4) is 0 Å². The van der Waals surface area contributed by atoms with Crippen LogP contribution in [0, 0.1) is 0 Å². The zero-order chi connectivity index (χ0) is 17.2. The van der Waals surface area contributed by atoms with Gasteiger partial charge in [-0.1, -0.05) is 18.2 Å². The number of rotatable bonds is 3. The zero-order valence-corrected chi connectivity index (χ0v) is 15.8. The second-order valence-corrected chi connectivity index (χ2v) is 9.78. The standard InChI is InChI=1S/C17H19NO3S3/c1-22-14-6-3-2-5-13(14)17(19)18-9-8-16(15-7-4-11-23-15)24(20,21)12-10-18/h2-7,11,16H,8-10,12H2,1H3. The highest BCUT2D eigenvalue weighted by Gasteiger charge is 2.33. The van der Waals surface area contributed by atoms with Crippen molar-refractivity contribution in [3.63, 3.8) is 0 Å². The lowest BCUT2D eigenvalue weighted by Gasteiger charge is -2.21. The van der Waals surface area contributed by atoms with E-state index in [-0.39, 0.29) is 18.2 Å². The summed E-state index contributed by atoms with van der Waals surface area (Å²) in [4.78, 5) is 16.3. The van der Waals surface area contributed by atoms with Gasteiger partial charge in [0.05, 0.1) is 16.6 Å². The average molecular weight is 382 g/mol. The molecule has 1 aliphatic heterocycles. The van der Waals surface area contributed by atoms with Crippen LogP contribution in [-0.2, 0) is 9.84 Å². The smallest absolute Gasteiger partial charge is 0.255 e. The summed E-state index contributed by atoms with van der Waals surface area (Å²) in [7, 11) is -3.24. The first-order chi connectivity index (χ1) is 11.5. The molecule has 4 nitrogen and oxygen atoms in total. The number of thioether (sulfide) groups is 1. The normalized spacial score (nSPS) is 20.5. The van der Waals surface area contributed by atoms with Gasteiger partial charge in [-0.3, -0.25) is 4.79 Å². The summed E-state index contributed by atoms with van der Waals surface area (Å²) in [5, 5.41) is 1.40. The third-order valence-corrected chi connectivity index (χ3v) is 8.26. The highest BCUT2D eigenvalue weighted by Crippen LogP contribution is 2.33. The number of sulfone groups is 1. The molecule has 0 bridgehead atoms. The predicted molar refractivity (Wildman–Crippen MR) is 99.6 cm³/mol. The van der Waals surface area contributed by atoms with E-state index >= 15 is 0 Å². The molecule has 1 amide bonds. The number of carbonyl (C=O) groups excluding carboxylic acids is 1. The maximum absolute atomic E-state index is 12.9. The van der Waals surface area contributed by atoms with Gasteiger partial charge in [-0.15, -0.1) is 23.1 Å². The van der Waals surface area contributed by atoms with Gasteiger partial charge in [-0.2, -0.15) is 0 Å². The van der Waals surface area contributed by atoms with E-state index < -0.39 is 15.1 Å². The summed E-state index contributed by atoms with van der Waals surface area (Å²) < 4.78 is 25.2. The Labute approximate surface area is 150 Å². The van der Waals surface area contributed by atoms with Gasteiger partial charge in [-0.05, 0) is 36.3 Å². The fourth-order valence-corrected chi connectivity index (χ4v) is 6.53. The quantitative estimate of drug-likeness (QED) is 0.764. The Balaban J connectivity index is 1.83. The molecule has 0 N–H and O–H groups in total. The molecule has 0 spiro atoms. The first kappa shape index (κ1) is 17.5. The fraction of sp³-hybridized carbons (Fsp3) is 0.353. The van der Waals surface area contributed by atoms with Crippen LogP contribution in [0.1, 0.15) is 26.9 Å². The van der Waals surface area contributed by atoms with E-state index in [1.54, 1.807) is 4.90 Å². The minimum Gasteiger partial charge on any atom is -0.338 e. The van der Waals surface area contributed by atoms with Gasteiger partial charge in [0.15, 0.2) is 9.84 Å². The molecular weight excluding hydrogens is 362 g/mol. The Kier molecular flexibility index (Phi) is 5.32. The summed E-state index contributed by atoms with van der Waals surface area (Å²) in [6, 6.07) is 11.2. The number of carbonyl (C=O) groups is 1. The van der Waals surface area contributed by atoms with Crippen LogP contribution < -0.4 is 0 Å². The van der Waals surface area contributed by atoms with Crippen molar-refractivity contribution in [1.82, 2.24) is 4.90 Å². The Morgan fingerprint density at radius 2 is 2.00 bits per heavy atom. The summed E-state index contributed by atoms with van der Waals surface area (Å²) >= 11 is 2.99. The van der Waals surface area contributed by atoms with E-state index in [1.807, 2.05) is 48.0 Å². The van der Waals surface area contributed by atoms with E-state index in [0.29, 0.717) is 18.5 Å². The summed E-state index contributed by atoms with van der Waals surface area (Å²) in [6.07, 6.45) is 2.39. The van der Waals surface area contributed by atoms with Crippen LogP contribution in [0.25, 0.3) is 0 Å². The third-order valence-electron chi connectivity index (χ3n) is 4.23. The van der Waals surface area contributed by atoms with Gasteiger partial charge in [0.25, 0.3) is 5.91 Å². The number of thiophene rings is 1. The number of amides is 1. The number of nitrogens with zero attached hydrogens (tertiary/aromatic N) is 1. The molecule has 24 heavy (non-hydrogen) atoms. The van der Waals surface area contributed by atoms with Crippen molar-refractivity contribution >= 4 is 38.8 Å². The van der Waals surface area contributed by atoms with Crippen LogP contribution in [0.4, 0.5) is 0 Å². The summed E-state index contributed by atoms with van der Waals surface area (Å²) in [5.74, 6) is -0.0649. The Morgan fingerprint density at radius 3 is 2.71 bits per heavy atom. The van der Waals surface area contributed by atoms with Crippen LogP contribution >= 0.6 is 23.1 Å².